The van der Waals surface area contributed by atoms with E-state index in [1.54, 1.807) is 0 Å². The highest BCUT2D eigenvalue weighted by molar-refractivity contribution is 6.47. The van der Waals surface area contributed by atoms with Gasteiger partial charge in [-0.25, -0.2) is 0 Å². The van der Waals surface area contributed by atoms with Crippen LogP contribution in [0.2, 0.25) is 0 Å². The van der Waals surface area contributed by atoms with Crippen molar-refractivity contribution >= 4 is 50.8 Å². The normalized spacial score (nSPS) is 11.8. The van der Waals surface area contributed by atoms with E-state index in [0.29, 0.717) is 11.0 Å². The van der Waals surface area contributed by atoms with E-state index in [2.05, 4.69) is 0 Å². The molecule has 0 radical (unpaired) electrons. The molecule has 0 spiro atoms. The Bertz CT molecular complexity index is 1150. The van der Waals surface area contributed by atoms with Gasteiger partial charge >= 0.3 is 7.40 Å². The van der Waals surface area contributed by atoms with E-state index in [4.69, 9.17) is 0 Å². The van der Waals surface area contributed by atoms with E-state index in [-0.39, 0.29) is 0 Å². The molecule has 0 N–H and O–H groups in total. The van der Waals surface area contributed by atoms with Crippen molar-refractivity contribution in [3.63, 3.8) is 0 Å². The number of aromatic nitrogens is 1. The number of hydrogen-bond donors (Lipinski definition) is 0. The summed E-state index contributed by atoms with van der Waals surface area (Å²) in [7, 11) is -2.60. The van der Waals surface area contributed by atoms with Crippen molar-refractivity contribution in [1.82, 2.24) is 4.48 Å². The number of rotatable bonds is 1. The van der Waals surface area contributed by atoms with Crippen LogP contribution in [-0.4, -0.2) is 11.9 Å². The number of fused-ring (bicyclic) bond motifs is 7. The van der Waals surface area contributed by atoms with Crippen molar-refractivity contribution in [2.24, 2.45) is 0 Å². The zero-order valence-corrected chi connectivity index (χ0v) is 12.7. The topological polar surface area (TPSA) is 4.93 Å². The highest BCUT2D eigenvalue weighted by atomic mass is 19.2. The first kappa shape index (κ1) is 13.6. The van der Waals surface area contributed by atoms with Crippen LogP contribution in [0, 0.1) is 0 Å². The van der Waals surface area contributed by atoms with Crippen molar-refractivity contribution in [2.45, 2.75) is 0 Å². The molecule has 0 aliphatic carbocycles. The largest absolute Gasteiger partial charge is 0.678 e. The molecule has 5 aromatic rings. The van der Waals surface area contributed by atoms with Crippen LogP contribution in [0.3, 0.4) is 0 Å². The Kier molecular flexibility index (Phi) is 2.72. The van der Waals surface area contributed by atoms with E-state index in [1.165, 1.54) is 4.48 Å². The molecule has 1 aromatic heterocycles. The van der Waals surface area contributed by atoms with E-state index < -0.39 is 7.40 Å². The fraction of sp³-hybridized carbons (Fsp3) is 0. The molecule has 0 amide bonds. The van der Waals surface area contributed by atoms with E-state index in [0.717, 1.165) is 32.3 Å². The van der Waals surface area contributed by atoms with Crippen molar-refractivity contribution < 1.29 is 8.63 Å². The van der Waals surface area contributed by atoms with E-state index in [1.807, 2.05) is 72.8 Å². The molecule has 1 nitrogen and oxygen atoms in total. The van der Waals surface area contributed by atoms with E-state index in [9.17, 15) is 8.63 Å². The quantitative estimate of drug-likeness (QED) is 0.341. The summed E-state index contributed by atoms with van der Waals surface area (Å²) < 4.78 is 29.3. The summed E-state index contributed by atoms with van der Waals surface area (Å²) in [6.07, 6.45) is 0. The first-order valence-corrected chi connectivity index (χ1v) is 7.87. The van der Waals surface area contributed by atoms with Gasteiger partial charge in [0.15, 0.2) is 0 Å². The van der Waals surface area contributed by atoms with Crippen molar-refractivity contribution in [3.8, 4) is 0 Å². The van der Waals surface area contributed by atoms with Gasteiger partial charge in [0.25, 0.3) is 0 Å². The van der Waals surface area contributed by atoms with Crippen LogP contribution in [0.25, 0.3) is 43.4 Å². The van der Waals surface area contributed by atoms with Crippen LogP contribution in [0.1, 0.15) is 0 Å². The molecular weight excluding hydrogens is 303 g/mol. The molecule has 5 rings (SSSR count). The summed E-state index contributed by atoms with van der Waals surface area (Å²) in [5.41, 5.74) is 1.21. The van der Waals surface area contributed by atoms with Crippen LogP contribution in [0.5, 0.6) is 0 Å². The van der Waals surface area contributed by atoms with Gasteiger partial charge in [0, 0.05) is 32.6 Å². The lowest BCUT2D eigenvalue weighted by molar-refractivity contribution is 0.640. The summed E-state index contributed by atoms with van der Waals surface area (Å²) in [5.74, 6) is 0. The van der Waals surface area contributed by atoms with Crippen molar-refractivity contribution in [1.29, 1.82) is 0 Å². The lowest BCUT2D eigenvalue weighted by atomic mass is 10.0. The standard InChI is InChI=1S/C20H12BF2N/c22-21(23)24-19-15-7-3-1-5-13(15)9-11-17(19)18-12-10-14-6-2-4-8-16(14)20(18)24/h1-12H. The first-order chi connectivity index (χ1) is 11.8. The maximum Gasteiger partial charge on any atom is 0.678 e. The van der Waals surface area contributed by atoms with Crippen LogP contribution in [0.4, 0.5) is 8.63 Å². The average Bonchev–Trinajstić information content (AvgIpc) is 2.97. The Labute approximate surface area is 137 Å². The fourth-order valence-electron chi connectivity index (χ4n) is 3.77. The minimum Gasteiger partial charge on any atom is -0.324 e. The molecule has 0 bridgehead atoms. The Balaban J connectivity index is 2.16. The number of hydrogen-bond acceptors (Lipinski definition) is 0. The zero-order chi connectivity index (χ0) is 16.3. The third-order valence-electron chi connectivity index (χ3n) is 4.77. The SMILES string of the molecule is FB(F)n1c2c3ccccc3ccc2c2ccc3ccccc3c21. The minimum atomic E-state index is -2.60. The molecule has 0 unspecified atom stereocenters. The second kappa shape index (κ2) is 4.81. The maximum atomic E-state index is 14.1. The number of halogens is 2. The van der Waals surface area contributed by atoms with Crippen LogP contribution in [0.15, 0.2) is 72.8 Å². The summed E-state index contributed by atoms with van der Waals surface area (Å²) >= 11 is 0. The predicted octanol–water partition coefficient (Wildman–Crippen LogP) is 5.87. The molecule has 114 valence electrons. The Hall–Kier alpha value is -2.88. The highest BCUT2D eigenvalue weighted by Crippen LogP contribution is 2.38. The van der Waals surface area contributed by atoms with Gasteiger partial charge < -0.3 is 4.48 Å². The van der Waals surface area contributed by atoms with Gasteiger partial charge in [-0.2, -0.15) is 0 Å². The second-order valence-corrected chi connectivity index (χ2v) is 6.01. The summed E-state index contributed by atoms with van der Waals surface area (Å²) in [5, 5.41) is 5.40. The molecular formula is C20H12BF2N. The number of nitrogens with zero attached hydrogens (tertiary/aromatic N) is 1. The summed E-state index contributed by atoms with van der Waals surface area (Å²) in [4.78, 5) is 0. The molecule has 4 heteroatoms. The van der Waals surface area contributed by atoms with Gasteiger partial charge in [-0.1, -0.05) is 72.8 Å². The van der Waals surface area contributed by atoms with E-state index >= 15 is 0 Å². The molecule has 0 fully saturated rings. The third-order valence-corrected chi connectivity index (χ3v) is 4.77. The van der Waals surface area contributed by atoms with Gasteiger partial charge in [-0.05, 0) is 10.8 Å². The highest BCUT2D eigenvalue weighted by Gasteiger charge is 2.25. The maximum absolute atomic E-state index is 14.1. The average molecular weight is 315 g/mol. The second-order valence-electron chi connectivity index (χ2n) is 6.01. The van der Waals surface area contributed by atoms with Crippen LogP contribution < -0.4 is 0 Å². The van der Waals surface area contributed by atoms with Gasteiger partial charge in [0.1, 0.15) is 0 Å². The van der Waals surface area contributed by atoms with Gasteiger partial charge in [-0.15, -0.1) is 0 Å². The Morgan fingerprint density at radius 3 is 1.46 bits per heavy atom. The number of benzene rings is 4. The van der Waals surface area contributed by atoms with Crippen molar-refractivity contribution in [3.05, 3.63) is 72.8 Å². The summed E-state index contributed by atoms with van der Waals surface area (Å²) in [6.45, 7) is 0. The fourth-order valence-corrected chi connectivity index (χ4v) is 3.77. The van der Waals surface area contributed by atoms with Crippen molar-refractivity contribution in [2.75, 3.05) is 0 Å². The molecule has 1 heterocycles. The monoisotopic (exact) mass is 315 g/mol. The molecule has 0 saturated carbocycles. The molecule has 24 heavy (non-hydrogen) atoms. The van der Waals surface area contributed by atoms with Gasteiger partial charge in [0.2, 0.25) is 0 Å². The molecule has 0 aliphatic heterocycles. The lowest BCUT2D eigenvalue weighted by Crippen LogP contribution is -2.12. The third kappa shape index (κ3) is 1.68. The zero-order valence-electron chi connectivity index (χ0n) is 12.7. The molecule has 4 aromatic carbocycles. The molecule has 0 aliphatic rings. The van der Waals surface area contributed by atoms with Crippen LogP contribution >= 0.6 is 0 Å². The van der Waals surface area contributed by atoms with Crippen LogP contribution in [-0.2, 0) is 0 Å². The minimum absolute atomic E-state index is 0.606. The predicted molar refractivity (Wildman–Crippen MR) is 97.8 cm³/mol. The Morgan fingerprint density at radius 1 is 0.542 bits per heavy atom. The smallest absolute Gasteiger partial charge is 0.324 e. The molecule has 0 saturated heterocycles. The Morgan fingerprint density at radius 2 is 1.00 bits per heavy atom. The van der Waals surface area contributed by atoms with Gasteiger partial charge in [-0.3, -0.25) is 8.63 Å². The van der Waals surface area contributed by atoms with Gasteiger partial charge in [0.05, 0.1) is 0 Å². The first-order valence-electron chi connectivity index (χ1n) is 7.87. The summed E-state index contributed by atoms with van der Waals surface area (Å²) in [6, 6.07) is 23.3. The lowest BCUT2D eigenvalue weighted by Gasteiger charge is -2.07. The molecule has 0 atom stereocenters.